The molecule has 38 heavy (non-hydrogen) atoms. The Morgan fingerprint density at radius 3 is 2.21 bits per heavy atom. The van der Waals surface area contributed by atoms with E-state index in [1.165, 1.54) is 9.96 Å². The summed E-state index contributed by atoms with van der Waals surface area (Å²) < 4.78 is 21.5. The lowest BCUT2D eigenvalue weighted by Crippen LogP contribution is -2.72. The zero-order chi connectivity index (χ0) is 27.8. The summed E-state index contributed by atoms with van der Waals surface area (Å²) in [4.78, 5) is 57.6. The molecule has 1 unspecified atom stereocenters. The number of carbonyl (C=O) groups is 4. The maximum Gasteiger partial charge on any atom is 0.528 e. The first-order valence-electron chi connectivity index (χ1n) is 12.6. The van der Waals surface area contributed by atoms with Crippen molar-refractivity contribution in [2.75, 3.05) is 6.54 Å². The van der Waals surface area contributed by atoms with Gasteiger partial charge in [-0.25, -0.2) is 9.59 Å². The Kier molecular flexibility index (Phi) is 7.42. The molecular weight excluding hydrogens is 496 g/mol. The third-order valence-electron chi connectivity index (χ3n) is 6.16. The molecule has 1 aromatic carbocycles. The van der Waals surface area contributed by atoms with Crippen LogP contribution in [0, 0.1) is 5.92 Å². The van der Waals surface area contributed by atoms with Gasteiger partial charge in [-0.2, -0.15) is 0 Å². The highest BCUT2D eigenvalue weighted by atomic mass is 16.8. The topological polar surface area (TPSA) is 121 Å². The zero-order valence-electron chi connectivity index (χ0n) is 22.5. The molecule has 1 aromatic rings. The van der Waals surface area contributed by atoms with E-state index in [0.717, 1.165) is 5.56 Å². The summed E-state index contributed by atoms with van der Waals surface area (Å²) in [7, 11) is 0. The number of β-lactam (4-membered cyclic amide) rings is 1. The minimum absolute atomic E-state index is 0.0220. The predicted octanol–water partition coefficient (Wildman–Crippen LogP) is 4.06. The van der Waals surface area contributed by atoms with Crippen LogP contribution in [0.1, 0.15) is 59.9 Å². The molecule has 0 bridgehead atoms. The molecule has 3 atom stereocenters. The summed E-state index contributed by atoms with van der Waals surface area (Å²) in [6.07, 6.45) is -1.63. The molecule has 3 aliphatic heterocycles. The number of benzene rings is 1. The lowest BCUT2D eigenvalue weighted by molar-refractivity contribution is -0.223. The van der Waals surface area contributed by atoms with Gasteiger partial charge in [0.25, 0.3) is 5.91 Å². The molecule has 4 rings (SSSR count). The molecule has 0 N–H and O–H groups in total. The number of carbonyl (C=O) groups excluding carboxylic acids is 4. The molecule has 3 heterocycles. The third kappa shape index (κ3) is 6.09. The number of hydrogen-bond donors (Lipinski definition) is 0. The first-order valence-corrected chi connectivity index (χ1v) is 12.6. The van der Waals surface area contributed by atoms with E-state index >= 15 is 0 Å². The number of nitrogens with zero attached hydrogens (tertiary/aromatic N) is 2. The second-order valence-corrected chi connectivity index (χ2v) is 11.5. The SMILES string of the molecule is CC(C)(C)OC(=O)OC1=C(CC(=O)OCc2ccccc2)C2CCN(OC(=O)OC(C)(C)C)[C@@H]3C(=O)N1[C@H]23. The van der Waals surface area contributed by atoms with Crippen molar-refractivity contribution < 1.29 is 43.0 Å². The van der Waals surface area contributed by atoms with Crippen molar-refractivity contribution >= 4 is 24.2 Å². The van der Waals surface area contributed by atoms with E-state index in [1.54, 1.807) is 41.5 Å². The standard InChI is InChI=1S/C27H34N2O9/c1-26(2,3)36-24(32)35-23-18(14-19(30)34-15-16-10-8-7-9-11-16)17-12-13-28(21-20(17)29(23)22(21)31)38-25(33)37-27(4,5)6/h7-11,17,20-21H,12-15H2,1-6H3/t17?,20-,21+/m1/s1. The van der Waals surface area contributed by atoms with Gasteiger partial charge in [-0.05, 0) is 53.5 Å². The lowest BCUT2D eigenvalue weighted by Gasteiger charge is -2.51. The molecule has 2 fully saturated rings. The minimum Gasteiger partial charge on any atom is -0.461 e. The van der Waals surface area contributed by atoms with Gasteiger partial charge in [-0.1, -0.05) is 30.3 Å². The van der Waals surface area contributed by atoms with E-state index in [9.17, 15) is 19.2 Å². The second-order valence-electron chi connectivity index (χ2n) is 11.5. The smallest absolute Gasteiger partial charge is 0.461 e. The zero-order valence-corrected chi connectivity index (χ0v) is 22.5. The van der Waals surface area contributed by atoms with Crippen molar-refractivity contribution in [1.82, 2.24) is 9.96 Å². The van der Waals surface area contributed by atoms with Crippen LogP contribution in [0.25, 0.3) is 0 Å². The van der Waals surface area contributed by atoms with Gasteiger partial charge in [0.15, 0.2) is 0 Å². The van der Waals surface area contributed by atoms with E-state index in [1.807, 2.05) is 30.3 Å². The highest BCUT2D eigenvalue weighted by Gasteiger charge is 2.65. The van der Waals surface area contributed by atoms with E-state index in [0.29, 0.717) is 12.0 Å². The first kappa shape index (κ1) is 27.4. The fourth-order valence-corrected chi connectivity index (χ4v) is 4.78. The van der Waals surface area contributed by atoms with Crippen LogP contribution in [0.4, 0.5) is 9.59 Å². The van der Waals surface area contributed by atoms with E-state index in [4.69, 9.17) is 23.8 Å². The van der Waals surface area contributed by atoms with Gasteiger partial charge in [0.05, 0.1) is 12.5 Å². The van der Waals surface area contributed by atoms with Crippen LogP contribution in [-0.2, 0) is 40.0 Å². The van der Waals surface area contributed by atoms with Gasteiger partial charge in [-0.15, -0.1) is 5.06 Å². The third-order valence-corrected chi connectivity index (χ3v) is 6.16. The molecule has 0 saturated carbocycles. The Morgan fingerprint density at radius 1 is 0.947 bits per heavy atom. The van der Waals surface area contributed by atoms with E-state index in [2.05, 4.69) is 0 Å². The fraction of sp³-hybridized carbons (Fsp3) is 0.556. The van der Waals surface area contributed by atoms with Crippen LogP contribution in [0.2, 0.25) is 0 Å². The Balaban J connectivity index is 1.52. The summed E-state index contributed by atoms with van der Waals surface area (Å²) in [5.41, 5.74) is -0.274. The van der Waals surface area contributed by atoms with Crippen LogP contribution in [0.3, 0.4) is 0 Å². The average molecular weight is 531 g/mol. The van der Waals surface area contributed by atoms with E-state index in [-0.39, 0.29) is 31.4 Å². The largest absolute Gasteiger partial charge is 0.528 e. The molecule has 11 heteroatoms. The number of ether oxygens (including phenoxy) is 4. The molecule has 0 aliphatic carbocycles. The Labute approximate surface area is 221 Å². The quantitative estimate of drug-likeness (QED) is 0.302. The molecule has 0 radical (unpaired) electrons. The van der Waals surface area contributed by atoms with Crippen molar-refractivity contribution in [3.8, 4) is 0 Å². The van der Waals surface area contributed by atoms with Crippen molar-refractivity contribution in [1.29, 1.82) is 0 Å². The van der Waals surface area contributed by atoms with Crippen molar-refractivity contribution in [2.45, 2.75) is 84.3 Å². The van der Waals surface area contributed by atoms with Crippen molar-refractivity contribution in [3.63, 3.8) is 0 Å². The number of amides is 1. The summed E-state index contributed by atoms with van der Waals surface area (Å²) >= 11 is 0. The molecule has 0 aromatic heterocycles. The highest BCUT2D eigenvalue weighted by molar-refractivity contribution is 5.93. The maximum absolute atomic E-state index is 13.2. The molecule has 0 spiro atoms. The lowest BCUT2D eigenvalue weighted by atomic mass is 9.78. The van der Waals surface area contributed by atoms with Crippen LogP contribution < -0.4 is 0 Å². The number of rotatable bonds is 6. The van der Waals surface area contributed by atoms with Gasteiger partial charge in [0.2, 0.25) is 5.88 Å². The van der Waals surface area contributed by atoms with Gasteiger partial charge < -0.3 is 23.8 Å². The van der Waals surface area contributed by atoms with Gasteiger partial charge in [-0.3, -0.25) is 14.5 Å². The van der Waals surface area contributed by atoms with Crippen LogP contribution in [0.15, 0.2) is 41.8 Å². The van der Waals surface area contributed by atoms with Crippen LogP contribution in [-0.4, -0.2) is 64.0 Å². The van der Waals surface area contributed by atoms with Gasteiger partial charge in [0, 0.05) is 18.0 Å². The van der Waals surface area contributed by atoms with Gasteiger partial charge >= 0.3 is 18.3 Å². The van der Waals surface area contributed by atoms with Crippen LogP contribution >= 0.6 is 0 Å². The minimum atomic E-state index is -0.987. The summed E-state index contributed by atoms with van der Waals surface area (Å²) in [5.74, 6) is -1.26. The molecule has 1 amide bonds. The van der Waals surface area contributed by atoms with E-state index < -0.39 is 47.5 Å². The molecular formula is C27H34N2O9. The summed E-state index contributed by atoms with van der Waals surface area (Å²) in [6.45, 7) is 10.5. The summed E-state index contributed by atoms with van der Waals surface area (Å²) in [5, 5.41) is 1.30. The monoisotopic (exact) mass is 530 g/mol. The average Bonchev–Trinajstić information content (AvgIpc) is 3.06. The molecule has 206 valence electrons. The number of hydrogen-bond acceptors (Lipinski definition) is 10. The second kappa shape index (κ2) is 10.3. The number of esters is 1. The maximum atomic E-state index is 13.2. The van der Waals surface area contributed by atoms with Crippen molar-refractivity contribution in [3.05, 3.63) is 47.4 Å². The fourth-order valence-electron chi connectivity index (χ4n) is 4.78. The van der Waals surface area contributed by atoms with Gasteiger partial charge in [0.1, 0.15) is 23.9 Å². The molecule has 3 aliphatic rings. The Bertz CT molecular complexity index is 1130. The van der Waals surface area contributed by atoms with Crippen molar-refractivity contribution in [2.24, 2.45) is 5.92 Å². The predicted molar refractivity (Wildman–Crippen MR) is 132 cm³/mol. The Morgan fingerprint density at radius 2 is 1.58 bits per heavy atom. The normalized spacial score (nSPS) is 22.8. The number of hydroxylamine groups is 2. The Hall–Kier alpha value is -3.60. The molecule has 2 saturated heterocycles. The highest BCUT2D eigenvalue weighted by Crippen LogP contribution is 2.50. The molecule has 11 nitrogen and oxygen atoms in total. The first-order chi connectivity index (χ1) is 17.7. The van der Waals surface area contributed by atoms with Crippen LogP contribution in [0.5, 0.6) is 0 Å². The number of piperidine rings is 1. The summed E-state index contributed by atoms with van der Waals surface area (Å²) in [6, 6.07) is 7.97.